The standard InChI is InChI=1S/C12H17NO3S/c1-12(14,9-6-7-17(15,16)8-9)10-4-2-3-5-11(10)13/h2-5,9,14H,6-8,13H2,1H3. The summed E-state index contributed by atoms with van der Waals surface area (Å²) in [6.07, 6.45) is 0.490. The zero-order valence-electron chi connectivity index (χ0n) is 9.76. The number of aliphatic hydroxyl groups is 1. The number of rotatable bonds is 2. The summed E-state index contributed by atoms with van der Waals surface area (Å²) in [5.41, 5.74) is 5.76. The second-order valence-corrected chi connectivity index (χ2v) is 7.06. The van der Waals surface area contributed by atoms with Crippen molar-refractivity contribution in [3.05, 3.63) is 29.8 Å². The molecule has 1 aromatic rings. The summed E-state index contributed by atoms with van der Waals surface area (Å²) in [6.45, 7) is 1.64. The average molecular weight is 255 g/mol. The molecule has 0 bridgehead atoms. The number of anilines is 1. The van der Waals surface area contributed by atoms with E-state index in [0.717, 1.165) is 0 Å². The van der Waals surface area contributed by atoms with Gasteiger partial charge in [0.15, 0.2) is 9.84 Å². The summed E-state index contributed by atoms with van der Waals surface area (Å²) in [6, 6.07) is 7.05. The Morgan fingerprint density at radius 1 is 1.41 bits per heavy atom. The van der Waals surface area contributed by atoms with E-state index in [1.807, 2.05) is 0 Å². The van der Waals surface area contributed by atoms with Crippen LogP contribution >= 0.6 is 0 Å². The van der Waals surface area contributed by atoms with Gasteiger partial charge in [0.05, 0.1) is 17.1 Å². The normalized spacial score (nSPS) is 26.6. The van der Waals surface area contributed by atoms with Gasteiger partial charge in [-0.1, -0.05) is 18.2 Å². The average Bonchev–Trinajstić information content (AvgIpc) is 2.60. The van der Waals surface area contributed by atoms with Crippen molar-refractivity contribution in [3.63, 3.8) is 0 Å². The molecule has 0 spiro atoms. The molecule has 0 saturated carbocycles. The van der Waals surface area contributed by atoms with Crippen LogP contribution in [0.3, 0.4) is 0 Å². The minimum atomic E-state index is -3.00. The minimum absolute atomic E-state index is 0.0360. The third-order valence-electron chi connectivity index (χ3n) is 3.53. The monoisotopic (exact) mass is 255 g/mol. The third-order valence-corrected chi connectivity index (χ3v) is 5.30. The Hall–Kier alpha value is -1.07. The van der Waals surface area contributed by atoms with Gasteiger partial charge in [-0.05, 0) is 19.4 Å². The van der Waals surface area contributed by atoms with Crippen LogP contribution in [0, 0.1) is 5.92 Å². The molecule has 1 saturated heterocycles. The second kappa shape index (κ2) is 3.99. The molecule has 1 fully saturated rings. The summed E-state index contributed by atoms with van der Waals surface area (Å²) in [5, 5.41) is 10.6. The van der Waals surface area contributed by atoms with Crippen LogP contribution in [0.15, 0.2) is 24.3 Å². The van der Waals surface area contributed by atoms with Crippen molar-refractivity contribution in [2.45, 2.75) is 18.9 Å². The Kier molecular flexibility index (Phi) is 2.91. The smallest absolute Gasteiger partial charge is 0.150 e. The molecule has 2 rings (SSSR count). The van der Waals surface area contributed by atoms with Crippen LogP contribution in [0.4, 0.5) is 5.69 Å². The Labute approximate surface area is 101 Å². The lowest BCUT2D eigenvalue weighted by Crippen LogP contribution is -2.33. The van der Waals surface area contributed by atoms with Crippen molar-refractivity contribution in [2.75, 3.05) is 17.2 Å². The molecule has 0 radical (unpaired) electrons. The molecule has 17 heavy (non-hydrogen) atoms. The van der Waals surface area contributed by atoms with E-state index in [-0.39, 0.29) is 17.4 Å². The Bertz CT molecular complexity index is 522. The first-order valence-corrected chi connectivity index (χ1v) is 7.43. The maximum absolute atomic E-state index is 11.5. The number of hydrogen-bond acceptors (Lipinski definition) is 4. The van der Waals surface area contributed by atoms with E-state index in [9.17, 15) is 13.5 Å². The molecule has 1 aliphatic heterocycles. The summed E-state index contributed by atoms with van der Waals surface area (Å²) in [5.74, 6) is -0.0910. The molecule has 5 heteroatoms. The topological polar surface area (TPSA) is 80.4 Å². The molecule has 94 valence electrons. The van der Waals surface area contributed by atoms with Gasteiger partial charge in [0.25, 0.3) is 0 Å². The first-order valence-electron chi connectivity index (χ1n) is 5.61. The Morgan fingerprint density at radius 2 is 2.06 bits per heavy atom. The Morgan fingerprint density at radius 3 is 2.59 bits per heavy atom. The number of hydrogen-bond donors (Lipinski definition) is 2. The SMILES string of the molecule is CC(O)(c1ccccc1N)C1CCS(=O)(=O)C1. The summed E-state index contributed by atoms with van der Waals surface area (Å²) >= 11 is 0. The van der Waals surface area contributed by atoms with Crippen LogP contribution in [-0.2, 0) is 15.4 Å². The molecular weight excluding hydrogens is 238 g/mol. The van der Waals surface area contributed by atoms with Gasteiger partial charge in [0, 0.05) is 17.2 Å². The van der Waals surface area contributed by atoms with Crippen molar-refractivity contribution in [1.29, 1.82) is 0 Å². The van der Waals surface area contributed by atoms with Gasteiger partial charge in [-0.15, -0.1) is 0 Å². The van der Waals surface area contributed by atoms with E-state index in [4.69, 9.17) is 5.73 Å². The number of nitrogen functional groups attached to an aromatic ring is 1. The molecular formula is C12H17NO3S. The molecule has 2 atom stereocenters. The molecule has 1 heterocycles. The van der Waals surface area contributed by atoms with Crippen molar-refractivity contribution in [2.24, 2.45) is 5.92 Å². The van der Waals surface area contributed by atoms with E-state index in [1.54, 1.807) is 31.2 Å². The van der Waals surface area contributed by atoms with E-state index in [1.165, 1.54) is 0 Å². The largest absolute Gasteiger partial charge is 0.398 e. The van der Waals surface area contributed by atoms with Gasteiger partial charge in [0.2, 0.25) is 0 Å². The van der Waals surface area contributed by atoms with Gasteiger partial charge < -0.3 is 10.8 Å². The Balaban J connectivity index is 2.35. The van der Waals surface area contributed by atoms with Crippen molar-refractivity contribution in [1.82, 2.24) is 0 Å². The zero-order chi connectivity index (χ0) is 12.7. The summed E-state index contributed by atoms with van der Waals surface area (Å²) in [7, 11) is -3.00. The maximum Gasteiger partial charge on any atom is 0.150 e. The lowest BCUT2D eigenvalue weighted by atomic mass is 9.82. The third kappa shape index (κ3) is 2.30. The predicted octanol–water partition coefficient (Wildman–Crippen LogP) is 0.911. The number of benzene rings is 1. The van der Waals surface area contributed by atoms with Gasteiger partial charge in [-0.25, -0.2) is 8.42 Å². The zero-order valence-corrected chi connectivity index (χ0v) is 10.6. The second-order valence-electron chi connectivity index (χ2n) is 4.83. The van der Waals surface area contributed by atoms with E-state index in [2.05, 4.69) is 0 Å². The summed E-state index contributed by atoms with van der Waals surface area (Å²) < 4.78 is 22.9. The highest BCUT2D eigenvalue weighted by Gasteiger charge is 2.42. The predicted molar refractivity (Wildman–Crippen MR) is 67.2 cm³/mol. The van der Waals surface area contributed by atoms with Crippen LogP contribution in [0.2, 0.25) is 0 Å². The van der Waals surface area contributed by atoms with Crippen LogP contribution in [0.5, 0.6) is 0 Å². The van der Waals surface area contributed by atoms with Crippen LogP contribution in [0.1, 0.15) is 18.9 Å². The molecule has 2 unspecified atom stereocenters. The number of nitrogens with two attached hydrogens (primary N) is 1. The van der Waals surface area contributed by atoms with Gasteiger partial charge in [-0.3, -0.25) is 0 Å². The first-order chi connectivity index (χ1) is 7.83. The van der Waals surface area contributed by atoms with Crippen molar-refractivity contribution >= 4 is 15.5 Å². The molecule has 4 nitrogen and oxygen atoms in total. The fraction of sp³-hybridized carbons (Fsp3) is 0.500. The van der Waals surface area contributed by atoms with Crippen LogP contribution in [0.25, 0.3) is 0 Å². The molecule has 0 amide bonds. The maximum atomic E-state index is 11.5. The molecule has 1 aliphatic rings. The molecule has 3 N–H and O–H groups in total. The lowest BCUT2D eigenvalue weighted by molar-refractivity contribution is 0.00525. The fourth-order valence-corrected chi connectivity index (χ4v) is 4.33. The van der Waals surface area contributed by atoms with Gasteiger partial charge in [-0.2, -0.15) is 0 Å². The van der Waals surface area contributed by atoms with Crippen LogP contribution < -0.4 is 5.73 Å². The number of sulfone groups is 1. The molecule has 0 aromatic heterocycles. The van der Waals surface area contributed by atoms with E-state index < -0.39 is 15.4 Å². The minimum Gasteiger partial charge on any atom is -0.398 e. The van der Waals surface area contributed by atoms with Crippen LogP contribution in [-0.4, -0.2) is 25.0 Å². The highest BCUT2D eigenvalue weighted by Crippen LogP contribution is 2.38. The molecule has 0 aliphatic carbocycles. The van der Waals surface area contributed by atoms with E-state index in [0.29, 0.717) is 17.7 Å². The van der Waals surface area contributed by atoms with Crippen molar-refractivity contribution in [3.8, 4) is 0 Å². The molecule has 1 aromatic carbocycles. The highest BCUT2D eigenvalue weighted by atomic mass is 32.2. The lowest BCUT2D eigenvalue weighted by Gasteiger charge is -2.30. The summed E-state index contributed by atoms with van der Waals surface area (Å²) in [4.78, 5) is 0. The van der Waals surface area contributed by atoms with Crippen molar-refractivity contribution < 1.29 is 13.5 Å². The quantitative estimate of drug-likeness (QED) is 0.770. The first kappa shape index (κ1) is 12.4. The van der Waals surface area contributed by atoms with Gasteiger partial charge in [0.1, 0.15) is 0 Å². The number of para-hydroxylation sites is 1. The fourth-order valence-electron chi connectivity index (χ4n) is 2.42. The highest BCUT2D eigenvalue weighted by molar-refractivity contribution is 7.91. The van der Waals surface area contributed by atoms with E-state index >= 15 is 0 Å². The van der Waals surface area contributed by atoms with Gasteiger partial charge >= 0.3 is 0 Å².